The Balaban J connectivity index is 0.000000205. The number of aryl methyl sites for hydroxylation is 2. The van der Waals surface area contributed by atoms with E-state index in [9.17, 15) is 50.0 Å². The molecule has 4 N–H and O–H groups in total. The molecule has 0 radical (unpaired) electrons. The highest BCUT2D eigenvalue weighted by molar-refractivity contribution is 14.1. The zero-order chi connectivity index (χ0) is 56.6. The van der Waals surface area contributed by atoms with Crippen LogP contribution < -0.4 is 53.7 Å². The molecule has 0 unspecified atom stereocenters. The molecular formula is C50H50F2I2N10O11S2. The van der Waals surface area contributed by atoms with Gasteiger partial charge in [0.2, 0.25) is 20.0 Å². The molecule has 77 heavy (non-hydrogen) atoms. The average molecular weight is 1320 g/mol. The molecule has 8 aromatic rings. The standard InChI is InChI=1S/2C23H21FIN5O5S.C4H8O/c1-12-19-18(20(28(2)21(12)31)26-17-9-8-13(25)10-16(17)24)22(32)29(3)23(33)30(19)15-7-5-6-14(11-15)27-36(4,34)35;1-12-19(26-14-6-5-7-15(11-14)27-36(4,34)35)18-20(28(2)21(12)31)30(23(33)29(3)22(18)32)17-9-8-13(25)10-16(17)24;1-2-4-5-3-1/h2*5-11,26-27H,1-4H3;1-4H2. The van der Waals surface area contributed by atoms with Crippen LogP contribution in [0.2, 0.25) is 0 Å². The quantitative estimate of drug-likeness (QED) is 0.116. The Morgan fingerprint density at radius 1 is 0.558 bits per heavy atom. The second kappa shape index (κ2) is 22.9. The number of benzene rings is 4. The number of nitrogens with zero attached hydrogens (tertiary/aromatic N) is 6. The predicted octanol–water partition coefficient (Wildman–Crippen LogP) is 5.91. The van der Waals surface area contributed by atoms with Crippen molar-refractivity contribution < 1.29 is 30.4 Å². The highest BCUT2D eigenvalue weighted by atomic mass is 127. The van der Waals surface area contributed by atoms with E-state index in [0.717, 1.165) is 48.6 Å². The number of aromatic nitrogens is 6. The van der Waals surface area contributed by atoms with Crippen LogP contribution in [0.1, 0.15) is 24.0 Å². The molecule has 21 nitrogen and oxygen atoms in total. The summed E-state index contributed by atoms with van der Waals surface area (Å²) >= 11 is 3.90. The summed E-state index contributed by atoms with van der Waals surface area (Å²) in [5, 5.41) is 5.84. The van der Waals surface area contributed by atoms with Gasteiger partial charge in [0, 0.05) is 65.4 Å². The van der Waals surface area contributed by atoms with E-state index in [4.69, 9.17) is 4.74 Å². The first-order valence-corrected chi connectivity index (χ1v) is 28.9. The van der Waals surface area contributed by atoms with Crippen LogP contribution in [0.3, 0.4) is 0 Å². The normalized spacial score (nSPS) is 12.4. The van der Waals surface area contributed by atoms with E-state index in [1.165, 1.54) is 114 Å². The number of ether oxygens (including phenoxy) is 1. The first kappa shape index (κ1) is 57.7. The number of hydrogen-bond acceptors (Lipinski definition) is 13. The summed E-state index contributed by atoms with van der Waals surface area (Å²) in [5.41, 5.74) is -2.68. The van der Waals surface area contributed by atoms with Crippen molar-refractivity contribution in [3.8, 4) is 11.4 Å². The van der Waals surface area contributed by atoms with E-state index in [1.54, 1.807) is 30.3 Å². The molecule has 27 heteroatoms. The molecule has 1 aliphatic rings. The smallest absolute Gasteiger partial charge is 0.337 e. The third kappa shape index (κ3) is 12.4. The first-order valence-electron chi connectivity index (χ1n) is 23.0. The molecule has 9 rings (SSSR count). The number of pyridine rings is 2. The van der Waals surface area contributed by atoms with Crippen LogP contribution in [0, 0.1) is 32.6 Å². The van der Waals surface area contributed by atoms with Crippen LogP contribution in [0.5, 0.6) is 0 Å². The van der Waals surface area contributed by atoms with E-state index >= 15 is 4.39 Å². The first-order chi connectivity index (χ1) is 36.1. The van der Waals surface area contributed by atoms with Gasteiger partial charge in [-0.25, -0.2) is 39.8 Å². The van der Waals surface area contributed by atoms with E-state index in [0.29, 0.717) is 12.8 Å². The summed E-state index contributed by atoms with van der Waals surface area (Å²) in [6.07, 6.45) is 4.56. The number of hydrogen-bond donors (Lipinski definition) is 4. The zero-order valence-corrected chi connectivity index (χ0v) is 48.4. The van der Waals surface area contributed by atoms with E-state index in [-0.39, 0.29) is 73.0 Å². The molecule has 1 saturated heterocycles. The fraction of sp³-hybridized carbons (Fsp3) is 0.240. The summed E-state index contributed by atoms with van der Waals surface area (Å²) in [6.45, 7) is 5.00. The molecular weight excluding hydrogens is 1270 g/mol. The van der Waals surface area contributed by atoms with Gasteiger partial charge >= 0.3 is 11.4 Å². The molecule has 4 aromatic carbocycles. The second-order valence-corrected chi connectivity index (χ2v) is 23.7. The zero-order valence-electron chi connectivity index (χ0n) is 42.4. The van der Waals surface area contributed by atoms with Crippen molar-refractivity contribution in [3.63, 3.8) is 0 Å². The maximum Gasteiger partial charge on any atom is 0.337 e. The van der Waals surface area contributed by atoms with Gasteiger partial charge in [-0.05, 0) is 145 Å². The molecule has 0 saturated carbocycles. The molecule has 1 fully saturated rings. The van der Waals surface area contributed by atoms with Gasteiger partial charge in [-0.15, -0.1) is 0 Å². The predicted molar refractivity (Wildman–Crippen MR) is 311 cm³/mol. The maximum atomic E-state index is 15.0. The Hall–Kier alpha value is -6.96. The molecule has 0 amide bonds. The maximum absolute atomic E-state index is 15.0. The van der Waals surface area contributed by atoms with Crippen LogP contribution in [0.4, 0.5) is 43.0 Å². The summed E-state index contributed by atoms with van der Waals surface area (Å²) < 4.78 is 93.5. The second-order valence-electron chi connectivity index (χ2n) is 17.8. The summed E-state index contributed by atoms with van der Waals surface area (Å²) in [6, 6.07) is 20.9. The average Bonchev–Trinajstić information content (AvgIpc) is 4.01. The number of fused-ring (bicyclic) bond motifs is 2. The molecule has 0 bridgehead atoms. The van der Waals surface area contributed by atoms with Crippen molar-refractivity contribution in [2.75, 3.05) is 45.8 Å². The van der Waals surface area contributed by atoms with E-state index in [1.807, 2.05) is 45.2 Å². The van der Waals surface area contributed by atoms with Crippen molar-refractivity contribution >= 4 is 121 Å². The molecule has 0 atom stereocenters. The lowest BCUT2D eigenvalue weighted by molar-refractivity contribution is 0.198. The van der Waals surface area contributed by atoms with Gasteiger partial charge in [0.05, 0.1) is 52.2 Å². The van der Waals surface area contributed by atoms with Gasteiger partial charge in [0.1, 0.15) is 33.9 Å². The molecule has 5 heterocycles. The minimum Gasteiger partial charge on any atom is -0.381 e. The van der Waals surface area contributed by atoms with Crippen LogP contribution >= 0.6 is 45.2 Å². The van der Waals surface area contributed by atoms with Crippen molar-refractivity contribution in [2.45, 2.75) is 26.7 Å². The Morgan fingerprint density at radius 2 is 1.08 bits per heavy atom. The summed E-state index contributed by atoms with van der Waals surface area (Å²) in [4.78, 5) is 79.6. The Morgan fingerprint density at radius 3 is 1.64 bits per heavy atom. The monoisotopic (exact) mass is 1320 g/mol. The minimum atomic E-state index is -3.60. The number of rotatable bonds is 10. The van der Waals surface area contributed by atoms with Crippen LogP contribution in [0.25, 0.3) is 33.3 Å². The largest absolute Gasteiger partial charge is 0.381 e. The Kier molecular flexibility index (Phi) is 17.2. The fourth-order valence-electron chi connectivity index (χ4n) is 8.38. The molecule has 1 aliphatic heterocycles. The Bertz CT molecular complexity index is 4320. The van der Waals surface area contributed by atoms with Crippen molar-refractivity contribution in [2.24, 2.45) is 28.2 Å². The van der Waals surface area contributed by atoms with Gasteiger partial charge < -0.3 is 15.4 Å². The highest BCUT2D eigenvalue weighted by Gasteiger charge is 2.25. The van der Waals surface area contributed by atoms with Crippen LogP contribution in [0.15, 0.2) is 114 Å². The van der Waals surface area contributed by atoms with Crippen molar-refractivity contribution in [3.05, 3.63) is 177 Å². The van der Waals surface area contributed by atoms with Crippen molar-refractivity contribution in [1.82, 2.24) is 27.4 Å². The van der Waals surface area contributed by atoms with Gasteiger partial charge in [0.25, 0.3) is 22.2 Å². The lowest BCUT2D eigenvalue weighted by Gasteiger charge is -2.20. The number of anilines is 6. The van der Waals surface area contributed by atoms with E-state index in [2.05, 4.69) is 20.1 Å². The van der Waals surface area contributed by atoms with E-state index < -0.39 is 65.3 Å². The van der Waals surface area contributed by atoms with Crippen LogP contribution in [-0.2, 0) is 53.0 Å². The fourth-order valence-corrected chi connectivity index (χ4v) is 10.4. The SMILES string of the molecule is C1CCOC1.Cc1c(=O)n(C)c(Nc2ccc(I)cc2F)c2c(=O)n(C)c(=O)n(-c3cccc(NS(C)(=O)=O)c3)c12.Cc1c(Nc2cccc(NS(C)(=O)=O)c2)c2c(=O)n(C)c(=O)n(-c3ccc(I)cc3F)c2n(C)c1=O. The third-order valence-corrected chi connectivity index (χ3v) is 14.6. The molecule has 0 spiro atoms. The molecule has 406 valence electrons. The summed E-state index contributed by atoms with van der Waals surface area (Å²) in [5.74, 6) is -1.29. The van der Waals surface area contributed by atoms with Gasteiger partial charge in [-0.3, -0.25) is 51.5 Å². The lowest BCUT2D eigenvalue weighted by atomic mass is 10.1. The van der Waals surface area contributed by atoms with Crippen molar-refractivity contribution in [1.29, 1.82) is 0 Å². The number of halogens is 4. The third-order valence-electron chi connectivity index (χ3n) is 12.0. The summed E-state index contributed by atoms with van der Waals surface area (Å²) in [7, 11) is -1.75. The minimum absolute atomic E-state index is 0.000439. The van der Waals surface area contributed by atoms with Gasteiger partial charge in [0.15, 0.2) is 0 Å². The number of sulfonamides is 2. The lowest BCUT2D eigenvalue weighted by Crippen LogP contribution is -2.41. The topological polar surface area (TPSA) is 258 Å². The molecule has 0 aliphatic carbocycles. The van der Waals surface area contributed by atoms with Gasteiger partial charge in [-0.1, -0.05) is 12.1 Å². The highest BCUT2D eigenvalue weighted by Crippen LogP contribution is 2.30. The van der Waals surface area contributed by atoms with Crippen LogP contribution in [-0.4, -0.2) is 70.0 Å². The van der Waals surface area contributed by atoms with Gasteiger partial charge in [-0.2, -0.15) is 0 Å². The Labute approximate surface area is 465 Å². The number of nitrogens with one attached hydrogen (secondary N) is 4. The molecule has 4 aromatic heterocycles.